The maximum atomic E-state index is 11.4. The van der Waals surface area contributed by atoms with Crippen LogP contribution in [0.4, 0.5) is 5.69 Å². The van der Waals surface area contributed by atoms with Gasteiger partial charge >= 0.3 is 0 Å². The molecule has 1 N–H and O–H groups in total. The van der Waals surface area contributed by atoms with E-state index in [9.17, 15) is 8.42 Å². The molecule has 0 aliphatic carbocycles. The van der Waals surface area contributed by atoms with Crippen molar-refractivity contribution in [1.29, 1.82) is 0 Å². The topological polar surface area (TPSA) is 59.1 Å². The number of hydrogen-bond donors (Lipinski definition) is 1. The molecule has 8 heteroatoms. The van der Waals surface area contributed by atoms with Gasteiger partial charge in [0, 0.05) is 0 Å². The lowest BCUT2D eigenvalue weighted by atomic mass is 10.3. The highest BCUT2D eigenvalue weighted by Gasteiger charge is 2.15. The summed E-state index contributed by atoms with van der Waals surface area (Å²) in [5.41, 5.74) is 2.44. The third-order valence-corrected chi connectivity index (χ3v) is 4.63. The summed E-state index contributed by atoms with van der Waals surface area (Å²) in [4.78, 5) is 4.06. The molecule has 2 aromatic rings. The van der Waals surface area contributed by atoms with Crippen molar-refractivity contribution in [2.75, 3.05) is 9.93 Å². The van der Waals surface area contributed by atoms with Gasteiger partial charge in [0.15, 0.2) is 0 Å². The van der Waals surface area contributed by atoms with Crippen molar-refractivity contribution < 1.29 is 8.42 Å². The van der Waals surface area contributed by atoms with Crippen molar-refractivity contribution in [3.05, 3.63) is 22.7 Å². The Morgan fingerprint density at radius 1 is 1.44 bits per heavy atom. The third kappa shape index (κ3) is 2.24. The monoisotopic (exact) mass is 296 g/mol. The fourth-order valence-corrected chi connectivity index (χ4v) is 2.86. The normalized spacial score (nSPS) is 11.9. The van der Waals surface area contributed by atoms with E-state index in [4.69, 9.17) is 23.2 Å². The molecule has 0 aliphatic heterocycles. The van der Waals surface area contributed by atoms with Gasteiger partial charge in [-0.3, -0.25) is 4.72 Å². The Hall–Kier alpha value is -0.560. The molecule has 2 rings (SSSR count). The molecule has 0 spiro atoms. The van der Waals surface area contributed by atoms with E-state index in [1.165, 1.54) is 11.3 Å². The summed E-state index contributed by atoms with van der Waals surface area (Å²) in [5.74, 6) is 0. The second kappa shape index (κ2) is 4.37. The zero-order valence-corrected chi connectivity index (χ0v) is 10.9. The molecule has 4 nitrogen and oxygen atoms in total. The SMILES string of the molecule is O=S(=O)(CCl)Nc1c(Cl)ccc2scnc12. The van der Waals surface area contributed by atoms with Crippen molar-refractivity contribution in [3.63, 3.8) is 0 Å². The lowest BCUT2D eigenvalue weighted by Gasteiger charge is -2.07. The van der Waals surface area contributed by atoms with Crippen molar-refractivity contribution in [3.8, 4) is 0 Å². The molecule has 0 unspecified atom stereocenters. The van der Waals surface area contributed by atoms with Crippen LogP contribution in [-0.2, 0) is 10.0 Å². The number of halogens is 2. The highest BCUT2D eigenvalue weighted by molar-refractivity contribution is 7.93. The van der Waals surface area contributed by atoms with E-state index < -0.39 is 15.2 Å². The van der Waals surface area contributed by atoms with Crippen molar-refractivity contribution in [1.82, 2.24) is 4.98 Å². The van der Waals surface area contributed by atoms with Gasteiger partial charge in [-0.2, -0.15) is 0 Å². The molecule has 1 aromatic carbocycles. The van der Waals surface area contributed by atoms with Crippen LogP contribution in [0.3, 0.4) is 0 Å². The molecule has 0 atom stereocenters. The average molecular weight is 297 g/mol. The lowest BCUT2D eigenvalue weighted by Crippen LogP contribution is -2.14. The Balaban J connectivity index is 2.58. The summed E-state index contributed by atoms with van der Waals surface area (Å²) in [5, 5.41) is -0.226. The first-order valence-electron chi connectivity index (χ1n) is 4.11. The van der Waals surface area contributed by atoms with Crippen LogP contribution >= 0.6 is 34.5 Å². The van der Waals surface area contributed by atoms with Gasteiger partial charge in [-0.05, 0) is 12.1 Å². The Labute approximate surface area is 106 Å². The molecule has 0 bridgehead atoms. The van der Waals surface area contributed by atoms with E-state index in [1.807, 2.05) is 0 Å². The van der Waals surface area contributed by atoms with Crippen LogP contribution in [0.5, 0.6) is 0 Å². The van der Waals surface area contributed by atoms with Crippen molar-refractivity contribution >= 4 is 60.5 Å². The van der Waals surface area contributed by atoms with Gasteiger partial charge in [0.1, 0.15) is 10.7 Å². The molecule has 0 radical (unpaired) electrons. The largest absolute Gasteiger partial charge is 0.279 e. The summed E-state index contributed by atoms with van der Waals surface area (Å²) < 4.78 is 25.9. The van der Waals surface area contributed by atoms with Crippen LogP contribution in [0.25, 0.3) is 10.2 Å². The van der Waals surface area contributed by atoms with Gasteiger partial charge in [-0.1, -0.05) is 11.6 Å². The maximum absolute atomic E-state index is 11.4. The first-order valence-corrected chi connectivity index (χ1v) is 7.56. The van der Waals surface area contributed by atoms with E-state index in [0.717, 1.165) is 4.70 Å². The minimum absolute atomic E-state index is 0.279. The number of sulfonamides is 1. The summed E-state index contributed by atoms with van der Waals surface area (Å²) in [7, 11) is -3.57. The fraction of sp³-hybridized carbons (Fsp3) is 0.125. The van der Waals surface area contributed by atoms with Gasteiger partial charge in [0.05, 0.1) is 20.9 Å². The molecule has 16 heavy (non-hydrogen) atoms. The van der Waals surface area contributed by atoms with E-state index in [2.05, 4.69) is 9.71 Å². The second-order valence-electron chi connectivity index (χ2n) is 2.95. The Bertz CT molecular complexity index is 624. The van der Waals surface area contributed by atoms with Crippen LogP contribution in [-0.4, -0.2) is 18.6 Å². The number of benzene rings is 1. The summed E-state index contributed by atoms with van der Waals surface area (Å²) in [6.07, 6.45) is 0. The molecule has 1 aromatic heterocycles. The number of hydrogen-bond acceptors (Lipinski definition) is 4. The summed E-state index contributed by atoms with van der Waals surface area (Å²) in [6, 6.07) is 3.40. The van der Waals surface area contributed by atoms with E-state index >= 15 is 0 Å². The van der Waals surface area contributed by atoms with E-state index in [0.29, 0.717) is 10.5 Å². The number of alkyl halides is 1. The molecular weight excluding hydrogens is 291 g/mol. The Morgan fingerprint density at radius 2 is 2.19 bits per heavy atom. The zero-order chi connectivity index (χ0) is 11.8. The Morgan fingerprint density at radius 3 is 2.88 bits per heavy atom. The number of anilines is 1. The predicted octanol–water partition coefficient (Wildman–Crippen LogP) is 2.89. The first-order chi connectivity index (χ1) is 7.53. The maximum Gasteiger partial charge on any atom is 0.246 e. The number of nitrogens with one attached hydrogen (secondary N) is 1. The molecule has 0 saturated heterocycles. The van der Waals surface area contributed by atoms with Gasteiger partial charge in [-0.15, -0.1) is 22.9 Å². The highest BCUT2D eigenvalue weighted by Crippen LogP contribution is 2.32. The number of fused-ring (bicyclic) bond motifs is 1. The number of thiazole rings is 1. The minimum atomic E-state index is -3.57. The standard InChI is InChI=1S/C8H6Cl2N2O2S2/c9-3-16(13,14)12-7-5(10)1-2-6-8(7)11-4-15-6/h1-2,4,12H,3H2. The van der Waals surface area contributed by atoms with E-state index in [1.54, 1.807) is 17.6 Å². The summed E-state index contributed by atoms with van der Waals surface area (Å²) >= 11 is 12.6. The molecule has 0 saturated carbocycles. The van der Waals surface area contributed by atoms with Crippen LogP contribution < -0.4 is 4.72 Å². The quantitative estimate of drug-likeness (QED) is 0.886. The van der Waals surface area contributed by atoms with Crippen LogP contribution in [0.1, 0.15) is 0 Å². The highest BCUT2D eigenvalue weighted by atomic mass is 35.5. The first kappa shape index (κ1) is 11.9. The van der Waals surface area contributed by atoms with Gasteiger partial charge in [0.25, 0.3) is 0 Å². The molecule has 0 amide bonds. The van der Waals surface area contributed by atoms with Gasteiger partial charge in [0.2, 0.25) is 10.0 Å². The molecule has 0 aliphatic rings. The number of aromatic nitrogens is 1. The van der Waals surface area contributed by atoms with Gasteiger partial charge < -0.3 is 0 Å². The minimum Gasteiger partial charge on any atom is -0.279 e. The smallest absolute Gasteiger partial charge is 0.246 e. The zero-order valence-electron chi connectivity index (χ0n) is 7.78. The third-order valence-electron chi connectivity index (χ3n) is 1.85. The molecular formula is C8H6Cl2N2O2S2. The molecule has 86 valence electrons. The van der Waals surface area contributed by atoms with Crippen LogP contribution in [0.15, 0.2) is 17.6 Å². The lowest BCUT2D eigenvalue weighted by molar-refractivity contribution is 0.605. The summed E-state index contributed by atoms with van der Waals surface area (Å²) in [6.45, 7) is 0. The fourth-order valence-electron chi connectivity index (χ4n) is 1.19. The molecule has 1 heterocycles. The predicted molar refractivity (Wildman–Crippen MR) is 67.9 cm³/mol. The number of nitrogens with zero attached hydrogens (tertiary/aromatic N) is 1. The van der Waals surface area contributed by atoms with Crippen LogP contribution in [0.2, 0.25) is 5.02 Å². The van der Waals surface area contributed by atoms with E-state index in [-0.39, 0.29) is 5.69 Å². The average Bonchev–Trinajstić information content (AvgIpc) is 2.70. The van der Waals surface area contributed by atoms with Gasteiger partial charge in [-0.25, -0.2) is 13.4 Å². The van der Waals surface area contributed by atoms with Crippen molar-refractivity contribution in [2.45, 2.75) is 0 Å². The second-order valence-corrected chi connectivity index (χ2v) is 6.55. The van der Waals surface area contributed by atoms with Crippen molar-refractivity contribution in [2.24, 2.45) is 0 Å². The Kier molecular flexibility index (Phi) is 3.25. The molecule has 0 fully saturated rings. The number of rotatable bonds is 3. The van der Waals surface area contributed by atoms with Crippen LogP contribution in [0, 0.1) is 0 Å².